The van der Waals surface area contributed by atoms with E-state index >= 15 is 0 Å². The van der Waals surface area contributed by atoms with Crippen molar-refractivity contribution in [2.45, 2.75) is 43.2 Å². The third kappa shape index (κ3) is 2.84. The molecule has 2 fully saturated rings. The summed E-state index contributed by atoms with van der Waals surface area (Å²) in [6.45, 7) is 0. The van der Waals surface area contributed by atoms with Gasteiger partial charge in [-0.1, -0.05) is 0 Å². The second-order valence-corrected chi connectivity index (χ2v) is 5.73. The van der Waals surface area contributed by atoms with E-state index in [-0.39, 0.29) is 6.42 Å². The number of aliphatic hydroxyl groups is 2. The Kier molecular flexibility index (Phi) is 4.20. The van der Waals surface area contributed by atoms with E-state index in [9.17, 15) is 29.4 Å². The Labute approximate surface area is 137 Å². The number of aromatic carboxylic acids is 1. The highest BCUT2D eigenvalue weighted by Crippen LogP contribution is 2.37. The Morgan fingerprint density at radius 3 is 2.44 bits per heavy atom. The molecule has 2 aliphatic heterocycles. The number of hydrogen-bond donors (Lipinski definition) is 5. The SMILES string of the molecule is O=C(O)c1cn([C@@H]2O[C@H]3[C@@H](O[C@H](C(=O)O)C[C@H]3O)[C@H]2O)c(=O)[nH]c1=O. The highest BCUT2D eigenvalue weighted by atomic mass is 16.6. The Morgan fingerprint density at radius 2 is 1.84 bits per heavy atom. The highest BCUT2D eigenvalue weighted by molar-refractivity contribution is 5.86. The van der Waals surface area contributed by atoms with Crippen LogP contribution in [0.15, 0.2) is 15.8 Å². The van der Waals surface area contributed by atoms with Crippen LogP contribution in [0.3, 0.4) is 0 Å². The summed E-state index contributed by atoms with van der Waals surface area (Å²) >= 11 is 0. The molecule has 0 unspecified atom stereocenters. The van der Waals surface area contributed by atoms with Gasteiger partial charge in [0, 0.05) is 12.6 Å². The highest BCUT2D eigenvalue weighted by Gasteiger charge is 2.53. The number of aliphatic hydroxyl groups excluding tert-OH is 2. The number of aromatic nitrogens is 2. The number of aromatic amines is 1. The smallest absolute Gasteiger partial charge is 0.342 e. The number of aliphatic carboxylic acids is 1. The fraction of sp³-hybridized carbons (Fsp3) is 0.538. The topological polar surface area (TPSA) is 188 Å². The van der Waals surface area contributed by atoms with E-state index in [1.165, 1.54) is 0 Å². The van der Waals surface area contributed by atoms with Gasteiger partial charge in [0.05, 0.1) is 6.10 Å². The minimum atomic E-state index is -1.60. The molecular formula is C13H14N2O10. The summed E-state index contributed by atoms with van der Waals surface area (Å²) in [5.41, 5.74) is -2.92. The number of nitrogens with one attached hydrogen (secondary N) is 1. The predicted octanol–water partition coefficient (Wildman–Crippen LogP) is -2.90. The zero-order chi connectivity index (χ0) is 18.5. The molecule has 5 N–H and O–H groups in total. The molecule has 0 spiro atoms. The molecule has 1 aromatic heterocycles. The van der Waals surface area contributed by atoms with E-state index in [0.717, 1.165) is 0 Å². The molecule has 2 saturated heterocycles. The molecule has 0 saturated carbocycles. The molecule has 0 aliphatic carbocycles. The van der Waals surface area contributed by atoms with Crippen LogP contribution >= 0.6 is 0 Å². The summed E-state index contributed by atoms with van der Waals surface area (Å²) in [4.78, 5) is 47.3. The standard InChI is InChI=1S/C13H14N2O10/c16-4-1-5(12(21)22)24-8-6(17)10(25-7(4)8)15-2-3(11(19)20)9(18)14-13(15)23/h2,4-8,10,16-17H,1H2,(H,19,20)(H,21,22)(H,14,18,23)/t4-,5+,6-,7-,8+,10-/m1/s1. The maximum Gasteiger partial charge on any atom is 0.342 e. The molecule has 0 radical (unpaired) electrons. The molecule has 3 rings (SSSR count). The van der Waals surface area contributed by atoms with Crippen LogP contribution < -0.4 is 11.2 Å². The number of ether oxygens (including phenoxy) is 2. The number of carbonyl (C=O) groups is 2. The van der Waals surface area contributed by atoms with Crippen LogP contribution in [-0.2, 0) is 14.3 Å². The molecule has 0 aromatic carbocycles. The lowest BCUT2D eigenvalue weighted by Crippen LogP contribution is -2.51. The maximum atomic E-state index is 11.9. The number of H-pyrrole nitrogens is 1. The number of nitrogens with zero attached hydrogens (tertiary/aromatic N) is 1. The van der Waals surface area contributed by atoms with Crippen LogP contribution in [-0.4, -0.2) is 72.4 Å². The number of carboxylic acids is 2. The van der Waals surface area contributed by atoms with Gasteiger partial charge in [-0.25, -0.2) is 14.4 Å². The van der Waals surface area contributed by atoms with Crippen molar-refractivity contribution in [1.29, 1.82) is 0 Å². The van der Waals surface area contributed by atoms with Gasteiger partial charge < -0.3 is 29.9 Å². The number of carboxylic acid groups (broad SMARTS) is 2. The van der Waals surface area contributed by atoms with Gasteiger partial charge in [0.1, 0.15) is 23.9 Å². The lowest BCUT2D eigenvalue weighted by atomic mass is 9.96. The van der Waals surface area contributed by atoms with Crippen molar-refractivity contribution in [2.75, 3.05) is 0 Å². The summed E-state index contributed by atoms with van der Waals surface area (Å²) < 4.78 is 11.3. The van der Waals surface area contributed by atoms with Crippen molar-refractivity contribution in [2.24, 2.45) is 0 Å². The van der Waals surface area contributed by atoms with Crippen molar-refractivity contribution in [3.05, 3.63) is 32.6 Å². The van der Waals surface area contributed by atoms with Gasteiger partial charge >= 0.3 is 17.6 Å². The second-order valence-electron chi connectivity index (χ2n) is 5.73. The zero-order valence-corrected chi connectivity index (χ0v) is 12.4. The second kappa shape index (κ2) is 6.07. The normalized spacial score (nSPS) is 34.5. The number of hydrogen-bond acceptors (Lipinski definition) is 8. The summed E-state index contributed by atoms with van der Waals surface area (Å²) in [6.07, 6.45) is -7.64. The van der Waals surface area contributed by atoms with Gasteiger partial charge in [0.15, 0.2) is 12.3 Å². The third-order valence-electron chi connectivity index (χ3n) is 4.15. The minimum Gasteiger partial charge on any atom is -0.479 e. The average Bonchev–Trinajstić information content (AvgIpc) is 2.85. The van der Waals surface area contributed by atoms with Crippen molar-refractivity contribution in [1.82, 2.24) is 9.55 Å². The summed E-state index contributed by atoms with van der Waals surface area (Å²) in [6, 6.07) is 0. The van der Waals surface area contributed by atoms with E-state index in [1.807, 2.05) is 0 Å². The van der Waals surface area contributed by atoms with Crippen molar-refractivity contribution >= 4 is 11.9 Å². The first-order valence-corrected chi connectivity index (χ1v) is 7.19. The molecule has 3 heterocycles. The van der Waals surface area contributed by atoms with Gasteiger partial charge in [0.2, 0.25) is 0 Å². The lowest BCUT2D eigenvalue weighted by molar-refractivity contribution is -0.187. The van der Waals surface area contributed by atoms with E-state index in [4.69, 9.17) is 19.7 Å². The van der Waals surface area contributed by atoms with Crippen LogP contribution in [0.1, 0.15) is 23.0 Å². The van der Waals surface area contributed by atoms with Crippen molar-refractivity contribution in [3.8, 4) is 0 Å². The maximum absolute atomic E-state index is 11.9. The third-order valence-corrected chi connectivity index (χ3v) is 4.15. The molecule has 2 aliphatic rings. The molecule has 0 amide bonds. The van der Waals surface area contributed by atoms with Crippen molar-refractivity contribution in [3.63, 3.8) is 0 Å². The van der Waals surface area contributed by atoms with E-state index in [2.05, 4.69) is 0 Å². The number of rotatable bonds is 3. The predicted molar refractivity (Wildman–Crippen MR) is 75.1 cm³/mol. The Morgan fingerprint density at radius 1 is 1.16 bits per heavy atom. The van der Waals surface area contributed by atoms with Gasteiger partial charge in [-0.3, -0.25) is 14.3 Å². The van der Waals surface area contributed by atoms with E-state index in [1.54, 1.807) is 4.98 Å². The molecule has 6 atom stereocenters. The van der Waals surface area contributed by atoms with Gasteiger partial charge in [-0.2, -0.15) is 0 Å². The minimum absolute atomic E-state index is 0.281. The summed E-state index contributed by atoms with van der Waals surface area (Å²) in [7, 11) is 0. The zero-order valence-electron chi connectivity index (χ0n) is 12.4. The van der Waals surface area contributed by atoms with Crippen LogP contribution in [0.5, 0.6) is 0 Å². The van der Waals surface area contributed by atoms with Crippen LogP contribution in [0.25, 0.3) is 0 Å². The lowest BCUT2D eigenvalue weighted by Gasteiger charge is -2.33. The summed E-state index contributed by atoms with van der Waals surface area (Å²) in [5, 5.41) is 38.3. The van der Waals surface area contributed by atoms with E-state index < -0.39 is 65.5 Å². The average molecular weight is 358 g/mol. The quantitative estimate of drug-likeness (QED) is 0.375. The van der Waals surface area contributed by atoms with E-state index in [0.29, 0.717) is 10.8 Å². The van der Waals surface area contributed by atoms with Crippen LogP contribution in [0, 0.1) is 0 Å². The first kappa shape index (κ1) is 17.3. The van der Waals surface area contributed by atoms with Gasteiger partial charge in [0.25, 0.3) is 5.56 Å². The fourth-order valence-corrected chi connectivity index (χ4v) is 2.96. The molecule has 12 heteroatoms. The fourth-order valence-electron chi connectivity index (χ4n) is 2.96. The molecule has 0 bridgehead atoms. The van der Waals surface area contributed by atoms with Crippen molar-refractivity contribution < 1.29 is 39.5 Å². The van der Waals surface area contributed by atoms with Gasteiger partial charge in [-0.15, -0.1) is 0 Å². The number of fused-ring (bicyclic) bond motifs is 1. The largest absolute Gasteiger partial charge is 0.479 e. The Hall–Kier alpha value is -2.54. The van der Waals surface area contributed by atoms with Gasteiger partial charge in [-0.05, 0) is 0 Å². The molecule has 12 nitrogen and oxygen atoms in total. The molecule has 136 valence electrons. The van der Waals surface area contributed by atoms with Crippen LogP contribution in [0.2, 0.25) is 0 Å². The first-order valence-electron chi connectivity index (χ1n) is 7.19. The van der Waals surface area contributed by atoms with Crippen LogP contribution in [0.4, 0.5) is 0 Å². The molecule has 1 aromatic rings. The summed E-state index contributed by atoms with van der Waals surface area (Å²) in [5.74, 6) is -2.93. The molecular weight excluding hydrogens is 344 g/mol. The Bertz CT molecular complexity index is 829. The monoisotopic (exact) mass is 358 g/mol. The Balaban J connectivity index is 1.97. The molecule has 25 heavy (non-hydrogen) atoms. The first-order chi connectivity index (χ1) is 11.7.